The van der Waals surface area contributed by atoms with Gasteiger partial charge < -0.3 is 14.9 Å². The van der Waals surface area contributed by atoms with E-state index < -0.39 is 4.92 Å². The van der Waals surface area contributed by atoms with E-state index in [0.717, 1.165) is 12.8 Å². The average Bonchev–Trinajstić information content (AvgIpc) is 2.86. The van der Waals surface area contributed by atoms with E-state index in [1.54, 1.807) is 0 Å². The first-order valence-electron chi connectivity index (χ1n) is 7.72. The first-order valence-corrected chi connectivity index (χ1v) is 7.72. The molecular weight excluding hydrogens is 286 g/mol. The number of nitro groups is 1. The predicted octanol–water partition coefficient (Wildman–Crippen LogP) is 2.80. The number of nitrogens with zero attached hydrogens (tertiary/aromatic N) is 3. The Labute approximate surface area is 129 Å². The summed E-state index contributed by atoms with van der Waals surface area (Å²) >= 11 is 0. The summed E-state index contributed by atoms with van der Waals surface area (Å²) in [5.41, 5.74) is 0. The zero-order valence-corrected chi connectivity index (χ0v) is 13.3. The maximum Gasteiger partial charge on any atom is 0.381 e. The summed E-state index contributed by atoms with van der Waals surface area (Å²) in [7, 11) is 0. The minimum absolute atomic E-state index is 0.0451. The third-order valence-corrected chi connectivity index (χ3v) is 4.36. The molecule has 1 aromatic rings. The van der Waals surface area contributed by atoms with Gasteiger partial charge in [0.25, 0.3) is 0 Å². The monoisotopic (exact) mass is 309 g/mol. The van der Waals surface area contributed by atoms with Crippen molar-refractivity contribution in [1.29, 1.82) is 0 Å². The van der Waals surface area contributed by atoms with Gasteiger partial charge in [0.2, 0.25) is 6.33 Å². The summed E-state index contributed by atoms with van der Waals surface area (Å²) in [4.78, 5) is 25.7. The highest BCUT2D eigenvalue weighted by Crippen LogP contribution is 2.35. The van der Waals surface area contributed by atoms with Gasteiger partial charge in [0, 0.05) is 0 Å². The van der Waals surface area contributed by atoms with Gasteiger partial charge in [-0.3, -0.25) is 9.36 Å². The van der Waals surface area contributed by atoms with Crippen LogP contribution in [0.5, 0.6) is 0 Å². The first kappa shape index (κ1) is 16.5. The van der Waals surface area contributed by atoms with E-state index in [-0.39, 0.29) is 24.4 Å². The number of aromatic nitrogens is 2. The van der Waals surface area contributed by atoms with E-state index in [4.69, 9.17) is 4.74 Å². The lowest BCUT2D eigenvalue weighted by Crippen LogP contribution is -2.36. The van der Waals surface area contributed by atoms with Crippen molar-refractivity contribution >= 4 is 11.8 Å². The highest BCUT2D eigenvalue weighted by atomic mass is 16.6. The van der Waals surface area contributed by atoms with Crippen LogP contribution in [0.15, 0.2) is 12.5 Å². The fourth-order valence-corrected chi connectivity index (χ4v) is 3.13. The molecule has 1 saturated carbocycles. The van der Waals surface area contributed by atoms with Gasteiger partial charge in [-0.05, 0) is 40.5 Å². The minimum Gasteiger partial charge on any atom is -0.461 e. The van der Waals surface area contributed by atoms with Crippen LogP contribution in [0, 0.1) is 27.9 Å². The van der Waals surface area contributed by atoms with E-state index in [1.165, 1.54) is 23.5 Å². The van der Waals surface area contributed by atoms with Crippen molar-refractivity contribution in [1.82, 2.24) is 9.55 Å². The highest BCUT2D eigenvalue weighted by Gasteiger charge is 2.33. The number of hydrogen-bond acceptors (Lipinski definition) is 5. The van der Waals surface area contributed by atoms with Gasteiger partial charge in [0.05, 0.1) is 0 Å². The molecule has 0 aliphatic heterocycles. The predicted molar refractivity (Wildman–Crippen MR) is 80.1 cm³/mol. The quantitative estimate of drug-likeness (QED) is 0.474. The van der Waals surface area contributed by atoms with Crippen molar-refractivity contribution in [3.63, 3.8) is 0 Å². The third kappa shape index (κ3) is 4.05. The van der Waals surface area contributed by atoms with Crippen LogP contribution in [-0.2, 0) is 16.1 Å². The second kappa shape index (κ2) is 6.89. The molecule has 0 radical (unpaired) electrons. The van der Waals surface area contributed by atoms with Crippen molar-refractivity contribution in [2.45, 2.75) is 52.7 Å². The zero-order chi connectivity index (χ0) is 16.3. The lowest BCUT2D eigenvalue weighted by molar-refractivity contribution is -0.389. The highest BCUT2D eigenvalue weighted by molar-refractivity contribution is 5.69. The van der Waals surface area contributed by atoms with Crippen molar-refractivity contribution < 1.29 is 14.5 Å². The van der Waals surface area contributed by atoms with Crippen LogP contribution in [0.2, 0.25) is 0 Å². The third-order valence-electron chi connectivity index (χ3n) is 4.36. The summed E-state index contributed by atoms with van der Waals surface area (Å²) in [6.07, 6.45) is 5.60. The molecule has 1 aliphatic rings. The molecule has 3 unspecified atom stereocenters. The summed E-state index contributed by atoms with van der Waals surface area (Å²) in [6.45, 7) is 6.44. The van der Waals surface area contributed by atoms with Crippen molar-refractivity contribution in [2.75, 3.05) is 0 Å². The molecule has 2 rings (SSSR count). The second-order valence-electron chi connectivity index (χ2n) is 6.52. The molecule has 7 heteroatoms. The molecule has 0 saturated heterocycles. The molecular formula is C15H23N3O4. The summed E-state index contributed by atoms with van der Waals surface area (Å²) < 4.78 is 7.04. The Hall–Kier alpha value is -1.92. The Bertz CT molecular complexity index is 541. The van der Waals surface area contributed by atoms with Crippen molar-refractivity contribution in [3.05, 3.63) is 22.6 Å². The molecule has 1 aliphatic carbocycles. The number of esters is 1. The standard InChI is InChI=1S/C15H23N3O4/c1-10(2)12-5-4-11(3)6-13(12)22-15(19)8-17-7-14(16-9-17)18(20)21/h7,9-13H,4-6,8H2,1-3H3. The number of imidazole rings is 1. The van der Waals surface area contributed by atoms with Crippen LogP contribution in [-0.4, -0.2) is 26.5 Å². The van der Waals surface area contributed by atoms with Gasteiger partial charge in [-0.2, -0.15) is 0 Å². The minimum atomic E-state index is -0.584. The molecule has 22 heavy (non-hydrogen) atoms. The van der Waals surface area contributed by atoms with Crippen LogP contribution in [0.25, 0.3) is 0 Å². The second-order valence-corrected chi connectivity index (χ2v) is 6.52. The van der Waals surface area contributed by atoms with E-state index >= 15 is 0 Å². The molecule has 1 heterocycles. The Morgan fingerprint density at radius 2 is 2.27 bits per heavy atom. The van der Waals surface area contributed by atoms with E-state index in [1.807, 2.05) is 0 Å². The number of carbonyl (C=O) groups is 1. The topological polar surface area (TPSA) is 87.3 Å². The molecule has 3 atom stereocenters. The lowest BCUT2D eigenvalue weighted by atomic mass is 9.75. The van der Waals surface area contributed by atoms with Crippen LogP contribution in [0.1, 0.15) is 40.0 Å². The van der Waals surface area contributed by atoms with Crippen LogP contribution < -0.4 is 0 Å². The van der Waals surface area contributed by atoms with Crippen molar-refractivity contribution in [2.24, 2.45) is 17.8 Å². The smallest absolute Gasteiger partial charge is 0.381 e. The number of rotatable bonds is 5. The molecule has 0 amide bonds. The molecule has 1 fully saturated rings. The molecule has 1 aromatic heterocycles. The van der Waals surface area contributed by atoms with Crippen LogP contribution in [0.3, 0.4) is 0 Å². The molecule has 122 valence electrons. The lowest BCUT2D eigenvalue weighted by Gasteiger charge is -2.36. The summed E-state index contributed by atoms with van der Waals surface area (Å²) in [5.74, 6) is 0.787. The maximum atomic E-state index is 12.1. The summed E-state index contributed by atoms with van der Waals surface area (Å²) in [6, 6.07) is 0. The van der Waals surface area contributed by atoms with E-state index in [9.17, 15) is 14.9 Å². The Kier molecular flexibility index (Phi) is 5.15. The zero-order valence-electron chi connectivity index (χ0n) is 13.3. The van der Waals surface area contributed by atoms with Crippen molar-refractivity contribution in [3.8, 4) is 0 Å². The van der Waals surface area contributed by atoms with Gasteiger partial charge in [-0.25, -0.2) is 0 Å². The maximum absolute atomic E-state index is 12.1. The summed E-state index contributed by atoms with van der Waals surface area (Å²) in [5, 5.41) is 10.6. The molecule has 0 spiro atoms. The Morgan fingerprint density at radius 1 is 1.55 bits per heavy atom. The SMILES string of the molecule is CC1CCC(C(C)C)C(OC(=O)Cn2cnc([N+](=O)[O-])c2)C1. The number of carbonyl (C=O) groups excluding carboxylic acids is 1. The average molecular weight is 309 g/mol. The van der Waals surface area contributed by atoms with E-state index in [0.29, 0.717) is 17.8 Å². The Balaban J connectivity index is 1.95. The Morgan fingerprint density at radius 3 is 2.86 bits per heavy atom. The normalized spacial score (nSPS) is 25.2. The largest absolute Gasteiger partial charge is 0.461 e. The number of hydrogen-bond donors (Lipinski definition) is 0. The van der Waals surface area contributed by atoms with Gasteiger partial charge in [0.1, 0.15) is 18.8 Å². The molecule has 0 N–H and O–H groups in total. The number of ether oxygens (including phenoxy) is 1. The van der Waals surface area contributed by atoms with Crippen LogP contribution >= 0.6 is 0 Å². The van der Waals surface area contributed by atoms with Gasteiger partial charge in [-0.1, -0.05) is 27.2 Å². The van der Waals surface area contributed by atoms with Crippen LogP contribution in [0.4, 0.5) is 5.82 Å². The van der Waals surface area contributed by atoms with Gasteiger partial charge in [0.15, 0.2) is 0 Å². The van der Waals surface area contributed by atoms with E-state index in [2.05, 4.69) is 25.8 Å². The first-order chi connectivity index (χ1) is 10.4. The molecule has 0 aromatic carbocycles. The molecule has 0 bridgehead atoms. The molecule has 7 nitrogen and oxygen atoms in total. The van der Waals surface area contributed by atoms with Gasteiger partial charge in [-0.15, -0.1) is 0 Å². The van der Waals surface area contributed by atoms with Gasteiger partial charge >= 0.3 is 11.8 Å². The fourth-order valence-electron chi connectivity index (χ4n) is 3.13. The fraction of sp³-hybridized carbons (Fsp3) is 0.733.